The van der Waals surface area contributed by atoms with E-state index in [9.17, 15) is 4.79 Å². The minimum Gasteiger partial charge on any atom is -0.368 e. The molecule has 4 rings (SSSR count). The maximum Gasteiger partial charge on any atom is 0.258 e. The van der Waals surface area contributed by atoms with Crippen molar-refractivity contribution in [2.45, 2.75) is 25.6 Å². The fourth-order valence-electron chi connectivity index (χ4n) is 3.74. The van der Waals surface area contributed by atoms with Gasteiger partial charge in [0.05, 0.1) is 12.7 Å². The average Bonchev–Trinajstić information content (AvgIpc) is 3.29. The van der Waals surface area contributed by atoms with Gasteiger partial charge in [-0.2, -0.15) is 0 Å². The second kappa shape index (κ2) is 9.35. The van der Waals surface area contributed by atoms with Gasteiger partial charge >= 0.3 is 0 Å². The van der Waals surface area contributed by atoms with Crippen LogP contribution in [0.4, 0.5) is 5.69 Å². The van der Waals surface area contributed by atoms with Crippen LogP contribution in [0.1, 0.15) is 38.9 Å². The van der Waals surface area contributed by atoms with Gasteiger partial charge in [0.1, 0.15) is 0 Å². The molecule has 3 aromatic rings. The van der Waals surface area contributed by atoms with Crippen molar-refractivity contribution in [2.75, 3.05) is 25.0 Å². The van der Waals surface area contributed by atoms with E-state index in [-0.39, 0.29) is 12.0 Å². The molecule has 29 heavy (non-hydrogen) atoms. The first-order valence-electron chi connectivity index (χ1n) is 10.0. The van der Waals surface area contributed by atoms with Gasteiger partial charge in [0.2, 0.25) is 0 Å². The highest BCUT2D eigenvalue weighted by Gasteiger charge is 2.25. The predicted octanol–water partition coefficient (Wildman–Crippen LogP) is 4.82. The first kappa shape index (κ1) is 19.8. The molecular weight excluding hydrogens is 380 g/mol. The molecular formula is C24H26N2O2S. The number of ether oxygens (including phenoxy) is 1. The lowest BCUT2D eigenvalue weighted by Gasteiger charge is -2.29. The third kappa shape index (κ3) is 4.58. The van der Waals surface area contributed by atoms with Crippen LogP contribution < -0.4 is 10.2 Å². The van der Waals surface area contributed by atoms with E-state index >= 15 is 0 Å². The van der Waals surface area contributed by atoms with E-state index in [0.717, 1.165) is 41.8 Å². The summed E-state index contributed by atoms with van der Waals surface area (Å²) in [6, 6.07) is 20.3. The number of fused-ring (bicyclic) bond motifs is 1. The number of carbonyl (C=O) groups is 1. The van der Waals surface area contributed by atoms with Crippen LogP contribution in [-0.4, -0.2) is 26.0 Å². The first-order chi connectivity index (χ1) is 14.3. The Labute approximate surface area is 176 Å². The Bertz CT molecular complexity index is 955. The number of amides is 1. The van der Waals surface area contributed by atoms with Crippen LogP contribution in [0.3, 0.4) is 0 Å². The van der Waals surface area contributed by atoms with Crippen molar-refractivity contribution in [1.82, 2.24) is 5.32 Å². The summed E-state index contributed by atoms with van der Waals surface area (Å²) in [5.74, 6) is 0.0791. The molecule has 2 aromatic carbocycles. The molecule has 1 atom stereocenters. The quantitative estimate of drug-likeness (QED) is 0.583. The SMILES string of the molecule is CNCCC(OCc1cccc(N2CCc3ccccc3C2=O)c1)c1cccs1. The number of nitrogens with one attached hydrogen (secondary N) is 1. The Morgan fingerprint density at radius 3 is 2.86 bits per heavy atom. The molecule has 0 spiro atoms. The lowest BCUT2D eigenvalue weighted by Crippen LogP contribution is -2.37. The monoisotopic (exact) mass is 406 g/mol. The molecule has 0 saturated carbocycles. The van der Waals surface area contributed by atoms with Crippen LogP contribution in [0.2, 0.25) is 0 Å². The van der Waals surface area contributed by atoms with Gasteiger partial charge in [0.25, 0.3) is 5.91 Å². The number of carbonyl (C=O) groups excluding carboxylic acids is 1. The summed E-state index contributed by atoms with van der Waals surface area (Å²) in [5, 5.41) is 5.29. The number of thiophene rings is 1. The van der Waals surface area contributed by atoms with E-state index in [1.807, 2.05) is 48.3 Å². The van der Waals surface area contributed by atoms with Gasteiger partial charge in [0, 0.05) is 22.7 Å². The highest BCUT2D eigenvalue weighted by atomic mass is 32.1. The highest BCUT2D eigenvalue weighted by Crippen LogP contribution is 2.28. The second-order valence-electron chi connectivity index (χ2n) is 7.24. The van der Waals surface area contributed by atoms with Crippen LogP contribution in [0.5, 0.6) is 0 Å². The topological polar surface area (TPSA) is 41.6 Å². The fraction of sp³-hybridized carbons (Fsp3) is 0.292. The van der Waals surface area contributed by atoms with Crippen LogP contribution in [-0.2, 0) is 17.8 Å². The van der Waals surface area contributed by atoms with E-state index in [1.54, 1.807) is 11.3 Å². The Balaban J connectivity index is 1.47. The van der Waals surface area contributed by atoms with Crippen molar-refractivity contribution in [1.29, 1.82) is 0 Å². The van der Waals surface area contributed by atoms with Gasteiger partial charge < -0.3 is 15.0 Å². The maximum absolute atomic E-state index is 13.0. The van der Waals surface area contributed by atoms with Gasteiger partial charge in [-0.1, -0.05) is 36.4 Å². The van der Waals surface area contributed by atoms with E-state index in [4.69, 9.17) is 4.74 Å². The second-order valence-corrected chi connectivity index (χ2v) is 8.22. The molecule has 0 bridgehead atoms. The molecule has 4 nitrogen and oxygen atoms in total. The molecule has 0 aliphatic carbocycles. The minimum absolute atomic E-state index is 0.0783. The van der Waals surface area contributed by atoms with E-state index in [2.05, 4.69) is 35.0 Å². The molecule has 150 valence electrons. The van der Waals surface area contributed by atoms with Gasteiger partial charge in [-0.3, -0.25) is 4.79 Å². The molecule has 1 unspecified atom stereocenters. The molecule has 0 saturated heterocycles. The minimum atomic E-state index is 0.0783. The molecule has 1 N–H and O–H groups in total. The van der Waals surface area contributed by atoms with Crippen molar-refractivity contribution in [3.8, 4) is 0 Å². The van der Waals surface area contributed by atoms with Crippen molar-refractivity contribution in [2.24, 2.45) is 0 Å². The molecule has 5 heteroatoms. The number of hydrogen-bond acceptors (Lipinski definition) is 4. The predicted molar refractivity (Wildman–Crippen MR) is 119 cm³/mol. The molecule has 0 radical (unpaired) electrons. The molecule has 1 amide bonds. The molecule has 0 fully saturated rings. The van der Waals surface area contributed by atoms with Crippen molar-refractivity contribution < 1.29 is 9.53 Å². The van der Waals surface area contributed by atoms with Crippen molar-refractivity contribution >= 4 is 22.9 Å². The van der Waals surface area contributed by atoms with Crippen LogP contribution in [0, 0.1) is 0 Å². The van der Waals surface area contributed by atoms with Gasteiger partial charge in [-0.05, 0) is 67.2 Å². The Morgan fingerprint density at radius 1 is 1.14 bits per heavy atom. The number of anilines is 1. The largest absolute Gasteiger partial charge is 0.368 e. The summed E-state index contributed by atoms with van der Waals surface area (Å²) < 4.78 is 6.27. The van der Waals surface area contributed by atoms with Gasteiger partial charge in [-0.25, -0.2) is 0 Å². The Morgan fingerprint density at radius 2 is 2.03 bits per heavy atom. The zero-order valence-electron chi connectivity index (χ0n) is 16.6. The van der Waals surface area contributed by atoms with Crippen molar-refractivity contribution in [3.05, 3.63) is 87.6 Å². The van der Waals surface area contributed by atoms with Gasteiger partial charge in [-0.15, -0.1) is 11.3 Å². The van der Waals surface area contributed by atoms with Crippen LogP contribution in [0.15, 0.2) is 66.0 Å². The van der Waals surface area contributed by atoms with E-state index in [1.165, 1.54) is 4.88 Å². The summed E-state index contributed by atoms with van der Waals surface area (Å²) in [6.45, 7) is 2.14. The van der Waals surface area contributed by atoms with Crippen LogP contribution in [0.25, 0.3) is 0 Å². The number of benzene rings is 2. The van der Waals surface area contributed by atoms with Crippen LogP contribution >= 0.6 is 11.3 Å². The zero-order chi connectivity index (χ0) is 20.1. The summed E-state index contributed by atoms with van der Waals surface area (Å²) in [7, 11) is 1.96. The Kier molecular flexibility index (Phi) is 6.39. The Hall–Kier alpha value is -2.47. The summed E-state index contributed by atoms with van der Waals surface area (Å²) in [6.07, 6.45) is 1.89. The number of hydrogen-bond donors (Lipinski definition) is 1. The summed E-state index contributed by atoms with van der Waals surface area (Å²) >= 11 is 1.73. The van der Waals surface area contributed by atoms with E-state index in [0.29, 0.717) is 13.2 Å². The highest BCUT2D eigenvalue weighted by molar-refractivity contribution is 7.10. The standard InChI is InChI=1S/C24H26N2O2S/c1-25-13-11-22(23-10-5-15-29-23)28-17-18-6-4-8-20(16-18)26-14-12-19-7-2-3-9-21(19)24(26)27/h2-10,15-16,22,25H,11-14,17H2,1H3. The molecule has 1 aromatic heterocycles. The first-order valence-corrected chi connectivity index (χ1v) is 10.9. The van der Waals surface area contributed by atoms with Gasteiger partial charge in [0.15, 0.2) is 0 Å². The lowest BCUT2D eigenvalue weighted by molar-refractivity contribution is 0.0367. The number of nitrogens with zero attached hydrogens (tertiary/aromatic N) is 1. The van der Waals surface area contributed by atoms with E-state index < -0.39 is 0 Å². The smallest absolute Gasteiger partial charge is 0.258 e. The molecule has 1 aliphatic heterocycles. The fourth-order valence-corrected chi connectivity index (χ4v) is 4.55. The third-order valence-electron chi connectivity index (χ3n) is 5.29. The summed E-state index contributed by atoms with van der Waals surface area (Å²) in [5.41, 5.74) is 3.97. The zero-order valence-corrected chi connectivity index (χ0v) is 17.5. The maximum atomic E-state index is 13.0. The molecule has 2 heterocycles. The summed E-state index contributed by atoms with van der Waals surface area (Å²) in [4.78, 5) is 16.1. The lowest BCUT2D eigenvalue weighted by atomic mass is 9.98. The third-order valence-corrected chi connectivity index (χ3v) is 6.25. The average molecular weight is 407 g/mol. The molecule has 1 aliphatic rings. The van der Waals surface area contributed by atoms with Crippen molar-refractivity contribution in [3.63, 3.8) is 0 Å². The number of rotatable bonds is 8. The normalized spacial score (nSPS) is 14.7.